The summed E-state index contributed by atoms with van der Waals surface area (Å²) < 4.78 is 29.8. The zero-order valence-electron chi connectivity index (χ0n) is 22.6. The van der Waals surface area contributed by atoms with Gasteiger partial charge in [0.05, 0.1) is 12.2 Å². The topological polar surface area (TPSA) is 108 Å². The zero-order valence-corrected chi connectivity index (χ0v) is 24.9. The molecular formula is C30H32Cl2N2O5S. The number of nitrogens with zero attached hydrogens (tertiary/aromatic N) is 1. The molecule has 0 radical (unpaired) electrons. The third kappa shape index (κ3) is 6.26. The van der Waals surface area contributed by atoms with Gasteiger partial charge in [-0.15, -0.1) is 0 Å². The average molecular weight is 604 g/mol. The number of aliphatic hydroxyl groups is 1. The highest BCUT2D eigenvalue weighted by Crippen LogP contribution is 2.53. The number of nitrogens with one attached hydrogen (secondary N) is 1. The molecule has 3 aromatic carbocycles. The van der Waals surface area contributed by atoms with Crippen LogP contribution >= 0.6 is 23.2 Å². The second-order valence-electron chi connectivity index (χ2n) is 10.9. The summed E-state index contributed by atoms with van der Waals surface area (Å²) in [6.45, 7) is 6.52. The smallest absolute Gasteiger partial charge is 0.308 e. The lowest BCUT2D eigenvalue weighted by Gasteiger charge is -2.40. The summed E-state index contributed by atoms with van der Waals surface area (Å²) in [5.74, 6) is -0.137. The van der Waals surface area contributed by atoms with Gasteiger partial charge in [-0.3, -0.25) is 9.69 Å². The van der Waals surface area contributed by atoms with Crippen LogP contribution in [0.25, 0.3) is 0 Å². The second kappa shape index (κ2) is 11.6. The maximum absolute atomic E-state index is 14.1. The predicted molar refractivity (Wildman–Crippen MR) is 155 cm³/mol. The van der Waals surface area contributed by atoms with Crippen LogP contribution in [0.15, 0.2) is 66.7 Å². The van der Waals surface area contributed by atoms with E-state index in [0.717, 1.165) is 36.0 Å². The first-order chi connectivity index (χ1) is 18.8. The molecule has 0 saturated heterocycles. The molecule has 1 aliphatic carbocycles. The number of amides is 1. The van der Waals surface area contributed by atoms with Gasteiger partial charge >= 0.3 is 10.5 Å². The van der Waals surface area contributed by atoms with Crippen molar-refractivity contribution in [3.8, 4) is 0 Å². The summed E-state index contributed by atoms with van der Waals surface area (Å²) in [5.41, 5.74) is 1.73. The summed E-state index contributed by atoms with van der Waals surface area (Å²) in [7, 11) is -2.61. The average Bonchev–Trinajstić information content (AvgIpc) is 3.65. The number of hydrogen-bond donors (Lipinski definition) is 2. The van der Waals surface area contributed by atoms with Crippen molar-refractivity contribution in [2.75, 3.05) is 6.61 Å². The molecule has 212 valence electrons. The number of carbonyl (C=O) groups excluding carboxylic acids is 1. The molecule has 0 unspecified atom stereocenters. The Balaban J connectivity index is 0.000000867. The Morgan fingerprint density at radius 2 is 1.55 bits per heavy atom. The maximum Gasteiger partial charge on any atom is 0.308 e. The van der Waals surface area contributed by atoms with Crippen molar-refractivity contribution < 1.29 is 23.1 Å². The van der Waals surface area contributed by atoms with Crippen LogP contribution in [-0.2, 0) is 33.1 Å². The molecule has 3 aromatic rings. The monoisotopic (exact) mass is 602 g/mol. The Kier molecular flexibility index (Phi) is 8.78. The molecular weight excluding hydrogens is 571 g/mol. The number of hydrogen-bond acceptors (Lipinski definition) is 6. The van der Waals surface area contributed by atoms with E-state index >= 15 is 0 Å². The van der Waals surface area contributed by atoms with Gasteiger partial charge in [-0.25, -0.2) is 0 Å². The van der Waals surface area contributed by atoms with Crippen molar-refractivity contribution in [1.29, 1.82) is 4.78 Å². The quantitative estimate of drug-likeness (QED) is 0.291. The van der Waals surface area contributed by atoms with E-state index in [9.17, 15) is 9.90 Å². The van der Waals surface area contributed by atoms with Gasteiger partial charge in [-0.1, -0.05) is 66.5 Å². The van der Waals surface area contributed by atoms with Gasteiger partial charge in [0.2, 0.25) is 0 Å². The third-order valence-corrected chi connectivity index (χ3v) is 8.23. The van der Waals surface area contributed by atoms with Crippen molar-refractivity contribution in [2.24, 2.45) is 5.41 Å². The highest BCUT2D eigenvalue weighted by molar-refractivity contribution is 7.60. The Morgan fingerprint density at radius 1 is 1.00 bits per heavy atom. The van der Waals surface area contributed by atoms with Crippen LogP contribution in [0.2, 0.25) is 10.0 Å². The van der Waals surface area contributed by atoms with E-state index < -0.39 is 21.8 Å². The molecule has 1 fully saturated rings. The maximum atomic E-state index is 14.1. The van der Waals surface area contributed by atoms with Gasteiger partial charge in [-0.2, -0.15) is 13.2 Å². The fraction of sp³-hybridized carbons (Fsp3) is 0.367. The van der Waals surface area contributed by atoms with E-state index in [1.165, 1.54) is 0 Å². The fourth-order valence-electron chi connectivity index (χ4n) is 5.05. The van der Waals surface area contributed by atoms with Crippen LogP contribution in [0.5, 0.6) is 0 Å². The first-order valence-electron chi connectivity index (χ1n) is 13.0. The molecule has 7 nitrogen and oxygen atoms in total. The lowest BCUT2D eigenvalue weighted by atomic mass is 9.89. The zero-order chi connectivity index (χ0) is 29.3. The number of benzene rings is 3. The molecule has 0 bridgehead atoms. The second-order valence-corrected chi connectivity index (χ2v) is 12.2. The summed E-state index contributed by atoms with van der Waals surface area (Å²) in [4.78, 5) is 15.9. The van der Waals surface area contributed by atoms with Crippen LogP contribution < -0.4 is 0 Å². The molecule has 5 rings (SSSR count). The highest BCUT2D eigenvalue weighted by atomic mass is 35.5. The number of fused-ring (bicyclic) bond motifs is 1. The number of ether oxygens (including phenoxy) is 1. The molecule has 40 heavy (non-hydrogen) atoms. The predicted octanol–water partition coefficient (Wildman–Crippen LogP) is 6.91. The number of carbonyl (C=O) groups is 1. The third-order valence-electron chi connectivity index (χ3n) is 7.73. The van der Waals surface area contributed by atoms with E-state index in [1.807, 2.05) is 65.6 Å². The lowest BCUT2D eigenvalue weighted by molar-refractivity contribution is -0.125. The standard InChI is InChI=1S/C30H31Cl2NO3.HNO2S/c1-4-29(15-16-29)19-36-30(21-7-12-24(32)13-8-21)26-14-9-22(28(2,3)35)17-25(26)27(34)33(30)18-20-5-10-23(31)11-6-20;1-4(2)3/h5-14,17,35H,4,15-16,18-19H2,1-3H3;1H/t30-;/m1./s1. The van der Waals surface area contributed by atoms with Crippen molar-refractivity contribution in [3.63, 3.8) is 0 Å². The molecule has 1 amide bonds. The van der Waals surface area contributed by atoms with Crippen LogP contribution in [0, 0.1) is 10.2 Å². The summed E-state index contributed by atoms with van der Waals surface area (Å²) >= 11 is 12.4. The van der Waals surface area contributed by atoms with Gasteiger partial charge in [0.15, 0.2) is 5.72 Å². The normalized spacial score (nSPS) is 19.1. The molecule has 1 heterocycles. The minimum Gasteiger partial charge on any atom is -0.386 e. The Hall–Kier alpha value is -2.75. The van der Waals surface area contributed by atoms with Crippen LogP contribution in [0.4, 0.5) is 0 Å². The van der Waals surface area contributed by atoms with Crippen LogP contribution in [0.3, 0.4) is 0 Å². The van der Waals surface area contributed by atoms with Crippen molar-refractivity contribution in [1.82, 2.24) is 4.90 Å². The Labute approximate surface area is 246 Å². The van der Waals surface area contributed by atoms with Gasteiger partial charge in [0.1, 0.15) is 0 Å². The van der Waals surface area contributed by atoms with Gasteiger partial charge in [0, 0.05) is 33.3 Å². The number of halogens is 2. The minimum absolute atomic E-state index is 0.137. The van der Waals surface area contributed by atoms with Crippen molar-refractivity contribution in [3.05, 3.63) is 105 Å². The molecule has 10 heteroatoms. The van der Waals surface area contributed by atoms with E-state index in [-0.39, 0.29) is 11.3 Å². The van der Waals surface area contributed by atoms with Crippen molar-refractivity contribution in [2.45, 2.75) is 57.9 Å². The van der Waals surface area contributed by atoms with E-state index in [1.54, 1.807) is 19.9 Å². The molecule has 1 aliphatic heterocycles. The first kappa shape index (κ1) is 30.2. The summed E-state index contributed by atoms with van der Waals surface area (Å²) in [5, 5.41) is 11.9. The molecule has 1 saturated carbocycles. The molecule has 2 N–H and O–H groups in total. The Bertz CT molecular complexity index is 1490. The van der Waals surface area contributed by atoms with Gasteiger partial charge in [-0.05, 0) is 80.0 Å². The molecule has 2 aliphatic rings. The SMILES string of the molecule is CCC1(CO[C@]2(c3ccc(Cl)cc3)c3ccc(C(C)(C)O)cc3C(=O)N2Cc2ccc(Cl)cc2)CC1.N=S(=O)=O. The summed E-state index contributed by atoms with van der Waals surface area (Å²) in [6, 6.07) is 20.7. The lowest BCUT2D eigenvalue weighted by Crippen LogP contribution is -2.47. The molecule has 0 aromatic heterocycles. The fourth-order valence-corrected chi connectivity index (χ4v) is 5.30. The summed E-state index contributed by atoms with van der Waals surface area (Å²) in [6.07, 6.45) is 3.27. The number of rotatable bonds is 8. The highest BCUT2D eigenvalue weighted by Gasteiger charge is 2.54. The minimum atomic E-state index is -2.61. The van der Waals surface area contributed by atoms with Crippen molar-refractivity contribution >= 4 is 39.6 Å². The van der Waals surface area contributed by atoms with Crippen LogP contribution in [-0.4, -0.2) is 30.9 Å². The van der Waals surface area contributed by atoms with Gasteiger partial charge in [0.25, 0.3) is 5.91 Å². The van der Waals surface area contributed by atoms with E-state index in [0.29, 0.717) is 34.3 Å². The van der Waals surface area contributed by atoms with E-state index in [4.69, 9.17) is 41.1 Å². The largest absolute Gasteiger partial charge is 0.386 e. The molecule has 1 atom stereocenters. The van der Waals surface area contributed by atoms with Gasteiger partial charge < -0.3 is 9.84 Å². The first-order valence-corrected chi connectivity index (χ1v) is 14.8. The van der Waals surface area contributed by atoms with E-state index in [2.05, 4.69) is 6.92 Å². The van der Waals surface area contributed by atoms with Crippen LogP contribution in [0.1, 0.15) is 72.6 Å². The Morgan fingerprint density at radius 3 is 2.05 bits per heavy atom. The molecule has 0 spiro atoms.